The first-order chi connectivity index (χ1) is 14.2. The van der Waals surface area contributed by atoms with E-state index in [4.69, 9.17) is 11.6 Å². The van der Waals surface area contributed by atoms with E-state index in [1.807, 2.05) is 11.0 Å². The molecule has 1 atom stereocenters. The SMILES string of the molecule is C=CC(=O)NC1Cc2c(/C(N)=N/NN)cccc2N(c2ccc(C(F)(F)F)cc2)C1. The highest BCUT2D eigenvalue weighted by atomic mass is 19.4. The van der Waals surface area contributed by atoms with Crippen molar-refractivity contribution in [2.45, 2.75) is 18.6 Å². The lowest BCUT2D eigenvalue weighted by molar-refractivity contribution is -0.137. The van der Waals surface area contributed by atoms with Crippen molar-refractivity contribution >= 4 is 23.1 Å². The van der Waals surface area contributed by atoms with E-state index in [2.05, 4.69) is 22.5 Å². The summed E-state index contributed by atoms with van der Waals surface area (Å²) in [6.07, 6.45) is -2.81. The molecule has 30 heavy (non-hydrogen) atoms. The lowest BCUT2D eigenvalue weighted by atomic mass is 9.92. The van der Waals surface area contributed by atoms with Crippen LogP contribution in [-0.4, -0.2) is 24.3 Å². The molecule has 10 heteroatoms. The molecule has 1 unspecified atom stereocenters. The topological polar surface area (TPSA) is 109 Å². The molecule has 3 rings (SSSR count). The maximum Gasteiger partial charge on any atom is 0.416 e. The van der Waals surface area contributed by atoms with Gasteiger partial charge >= 0.3 is 6.18 Å². The predicted molar refractivity (Wildman–Crippen MR) is 109 cm³/mol. The first-order valence-corrected chi connectivity index (χ1v) is 9.03. The minimum atomic E-state index is -4.42. The molecule has 0 fully saturated rings. The summed E-state index contributed by atoms with van der Waals surface area (Å²) in [7, 11) is 0. The van der Waals surface area contributed by atoms with Crippen molar-refractivity contribution in [1.29, 1.82) is 0 Å². The van der Waals surface area contributed by atoms with E-state index in [0.717, 1.165) is 29.5 Å². The number of hydrazone groups is 1. The lowest BCUT2D eigenvalue weighted by Crippen LogP contribution is -2.47. The fourth-order valence-electron chi connectivity index (χ4n) is 3.47. The van der Waals surface area contributed by atoms with Crippen molar-refractivity contribution in [2.75, 3.05) is 11.4 Å². The zero-order valence-corrected chi connectivity index (χ0v) is 15.9. The Morgan fingerprint density at radius 2 is 1.93 bits per heavy atom. The van der Waals surface area contributed by atoms with Gasteiger partial charge in [-0.2, -0.15) is 13.2 Å². The number of anilines is 2. The smallest absolute Gasteiger partial charge is 0.382 e. The van der Waals surface area contributed by atoms with Crippen LogP contribution in [0.3, 0.4) is 0 Å². The maximum atomic E-state index is 12.9. The number of hydrogen-bond acceptors (Lipinski definition) is 5. The highest BCUT2D eigenvalue weighted by molar-refractivity contribution is 6.00. The molecule has 1 aliphatic rings. The van der Waals surface area contributed by atoms with Crippen LogP contribution in [0.4, 0.5) is 24.5 Å². The number of alkyl halides is 3. The van der Waals surface area contributed by atoms with E-state index in [1.165, 1.54) is 12.1 Å². The number of nitrogens with one attached hydrogen (secondary N) is 2. The summed E-state index contributed by atoms with van der Waals surface area (Å²) in [6, 6.07) is 9.89. The quantitative estimate of drug-likeness (QED) is 0.196. The van der Waals surface area contributed by atoms with Gasteiger partial charge in [0.1, 0.15) is 0 Å². The third-order valence-electron chi connectivity index (χ3n) is 4.79. The van der Waals surface area contributed by atoms with Crippen LogP contribution in [0.5, 0.6) is 0 Å². The van der Waals surface area contributed by atoms with Crippen LogP contribution < -0.4 is 27.3 Å². The van der Waals surface area contributed by atoms with Crippen LogP contribution >= 0.6 is 0 Å². The molecule has 0 radical (unpaired) electrons. The van der Waals surface area contributed by atoms with Crippen molar-refractivity contribution in [3.05, 3.63) is 71.8 Å². The number of hydrazine groups is 1. The second-order valence-electron chi connectivity index (χ2n) is 6.70. The van der Waals surface area contributed by atoms with Gasteiger partial charge in [-0.15, -0.1) is 5.10 Å². The van der Waals surface area contributed by atoms with Crippen LogP contribution in [0, 0.1) is 0 Å². The number of amidine groups is 1. The number of rotatable bonds is 5. The fraction of sp³-hybridized carbons (Fsp3) is 0.200. The van der Waals surface area contributed by atoms with E-state index in [1.54, 1.807) is 12.1 Å². The average molecular weight is 418 g/mol. The minimum Gasteiger partial charge on any atom is -0.382 e. The van der Waals surface area contributed by atoms with Gasteiger partial charge in [-0.05, 0) is 48.4 Å². The van der Waals surface area contributed by atoms with Gasteiger partial charge in [0.15, 0.2) is 5.84 Å². The largest absolute Gasteiger partial charge is 0.416 e. The van der Waals surface area contributed by atoms with Crippen molar-refractivity contribution in [3.8, 4) is 0 Å². The normalized spacial score (nSPS) is 16.6. The van der Waals surface area contributed by atoms with E-state index < -0.39 is 11.7 Å². The van der Waals surface area contributed by atoms with Gasteiger partial charge in [0, 0.05) is 23.5 Å². The molecule has 0 spiro atoms. The van der Waals surface area contributed by atoms with Crippen LogP contribution in [0.25, 0.3) is 0 Å². The molecule has 0 bridgehead atoms. The first kappa shape index (κ1) is 21.2. The third kappa shape index (κ3) is 4.38. The number of carbonyl (C=O) groups excluding carboxylic acids is 1. The van der Waals surface area contributed by atoms with Gasteiger partial charge in [-0.25, -0.2) is 11.4 Å². The number of hydrogen-bond donors (Lipinski definition) is 4. The summed E-state index contributed by atoms with van der Waals surface area (Å²) in [5.74, 6) is 5.04. The van der Waals surface area contributed by atoms with Crippen molar-refractivity contribution in [1.82, 2.24) is 10.9 Å². The van der Waals surface area contributed by atoms with Gasteiger partial charge in [0.25, 0.3) is 0 Å². The molecule has 0 aliphatic carbocycles. The minimum absolute atomic E-state index is 0.150. The molecule has 2 aromatic rings. The molecule has 0 aromatic heterocycles. The summed E-state index contributed by atoms with van der Waals surface area (Å²) in [5, 5.41) is 6.66. The molecule has 0 saturated carbocycles. The van der Waals surface area contributed by atoms with E-state index >= 15 is 0 Å². The lowest BCUT2D eigenvalue weighted by Gasteiger charge is -2.37. The molecule has 1 amide bonds. The van der Waals surface area contributed by atoms with Gasteiger partial charge in [0.2, 0.25) is 5.91 Å². The Hall–Kier alpha value is -3.53. The first-order valence-electron chi connectivity index (χ1n) is 9.03. The van der Waals surface area contributed by atoms with E-state index in [9.17, 15) is 18.0 Å². The van der Waals surface area contributed by atoms with Gasteiger partial charge < -0.3 is 16.0 Å². The summed E-state index contributed by atoms with van der Waals surface area (Å²) >= 11 is 0. The Kier molecular flexibility index (Phi) is 5.97. The highest BCUT2D eigenvalue weighted by Crippen LogP contribution is 2.37. The number of nitrogens with zero attached hydrogens (tertiary/aromatic N) is 2. The number of fused-ring (bicyclic) bond motifs is 1. The number of benzene rings is 2. The van der Waals surface area contributed by atoms with E-state index in [-0.39, 0.29) is 17.8 Å². The van der Waals surface area contributed by atoms with Crippen molar-refractivity contribution in [2.24, 2.45) is 16.7 Å². The van der Waals surface area contributed by atoms with Crippen LogP contribution in [0.1, 0.15) is 16.7 Å². The molecule has 7 nitrogen and oxygen atoms in total. The molecule has 1 aliphatic heterocycles. The summed E-state index contributed by atoms with van der Waals surface area (Å²) in [4.78, 5) is 13.7. The number of halogens is 3. The number of carbonyl (C=O) groups is 1. The molecular formula is C20H21F3N6O. The Morgan fingerprint density at radius 1 is 1.23 bits per heavy atom. The fourth-order valence-corrected chi connectivity index (χ4v) is 3.47. The molecular weight excluding hydrogens is 397 g/mol. The second-order valence-corrected chi connectivity index (χ2v) is 6.70. The van der Waals surface area contributed by atoms with Crippen molar-refractivity contribution in [3.63, 3.8) is 0 Å². The maximum absolute atomic E-state index is 12.9. The molecule has 2 aromatic carbocycles. The van der Waals surface area contributed by atoms with Gasteiger partial charge in [0.05, 0.1) is 11.6 Å². The summed E-state index contributed by atoms with van der Waals surface area (Å²) in [5.41, 5.74) is 10.1. The standard InChI is InChI=1S/C20H21F3N6O/c1-2-18(30)26-13-10-16-15(19(24)27-28-25)4-3-5-17(16)29(11-13)14-8-6-12(7-9-14)20(21,22)23/h2-9,13,28H,1,10-11,25H2,(H2,24,27)(H,26,30). The Labute approximate surface area is 171 Å². The van der Waals surface area contributed by atoms with Crippen molar-refractivity contribution < 1.29 is 18.0 Å². The summed E-state index contributed by atoms with van der Waals surface area (Å²) in [6.45, 7) is 3.81. The number of amides is 1. The third-order valence-corrected chi connectivity index (χ3v) is 4.79. The zero-order valence-electron chi connectivity index (χ0n) is 15.9. The highest BCUT2D eigenvalue weighted by Gasteiger charge is 2.32. The molecule has 0 saturated heterocycles. The molecule has 6 N–H and O–H groups in total. The Morgan fingerprint density at radius 3 is 2.53 bits per heavy atom. The zero-order chi connectivity index (χ0) is 21.9. The van der Waals surface area contributed by atoms with Gasteiger partial charge in [-0.1, -0.05) is 18.7 Å². The molecule has 1 heterocycles. The van der Waals surface area contributed by atoms with Gasteiger partial charge in [-0.3, -0.25) is 4.79 Å². The summed E-state index contributed by atoms with van der Waals surface area (Å²) < 4.78 is 38.8. The Balaban J connectivity index is 2.07. The van der Waals surface area contributed by atoms with Crippen LogP contribution in [0.2, 0.25) is 0 Å². The monoisotopic (exact) mass is 418 g/mol. The number of nitrogens with two attached hydrogens (primary N) is 2. The second kappa shape index (κ2) is 8.46. The molecule has 158 valence electrons. The van der Waals surface area contributed by atoms with E-state index in [0.29, 0.717) is 24.2 Å². The predicted octanol–water partition coefficient (Wildman–Crippen LogP) is 2.15. The average Bonchev–Trinajstić information content (AvgIpc) is 2.72. The van der Waals surface area contributed by atoms with Crippen LogP contribution in [-0.2, 0) is 17.4 Å². The Bertz CT molecular complexity index is 971. The van der Waals surface area contributed by atoms with Crippen LogP contribution in [0.15, 0.2) is 60.2 Å².